The summed E-state index contributed by atoms with van der Waals surface area (Å²) in [6.45, 7) is -0.252. The molecule has 0 saturated heterocycles. The molecule has 1 aromatic heterocycles. The predicted octanol–water partition coefficient (Wildman–Crippen LogP) is 0.309. The quantitative estimate of drug-likeness (QED) is 0.569. The lowest BCUT2D eigenvalue weighted by Crippen LogP contribution is -1.90. The molecule has 0 aliphatic heterocycles. The largest absolute Gasteiger partial charge is 0.466 e. The van der Waals surface area contributed by atoms with Crippen LogP contribution < -0.4 is 0 Å². The number of hydrogen-bond donors (Lipinski definition) is 2. The lowest BCUT2D eigenvalue weighted by atomic mass is 10.3. The smallest absolute Gasteiger partial charge is 0.172 e. The van der Waals surface area contributed by atoms with Crippen molar-refractivity contribution in [3.8, 4) is 11.8 Å². The van der Waals surface area contributed by atoms with Crippen LogP contribution in [0.4, 0.5) is 0 Å². The van der Waals surface area contributed by atoms with Gasteiger partial charge in [0.1, 0.15) is 12.4 Å². The average molecular weight is 152 g/mol. The van der Waals surface area contributed by atoms with Gasteiger partial charge in [0, 0.05) is 0 Å². The number of aliphatic hydroxyl groups is 2. The van der Waals surface area contributed by atoms with Crippen LogP contribution in [-0.4, -0.2) is 16.8 Å². The van der Waals surface area contributed by atoms with Crippen molar-refractivity contribution in [2.24, 2.45) is 0 Å². The van der Waals surface area contributed by atoms with Crippen molar-refractivity contribution in [3.63, 3.8) is 0 Å². The lowest BCUT2D eigenvalue weighted by Gasteiger charge is -1.95. The van der Waals surface area contributed by atoms with Crippen LogP contribution in [0.15, 0.2) is 22.8 Å². The maximum absolute atomic E-state index is 9.16. The monoisotopic (exact) mass is 152 g/mol. The van der Waals surface area contributed by atoms with Gasteiger partial charge in [0.15, 0.2) is 6.10 Å². The van der Waals surface area contributed by atoms with Crippen LogP contribution in [0.2, 0.25) is 0 Å². The summed E-state index contributed by atoms with van der Waals surface area (Å²) in [5.74, 6) is 5.12. The minimum absolute atomic E-state index is 0.252. The van der Waals surface area contributed by atoms with Crippen molar-refractivity contribution in [2.75, 3.05) is 6.61 Å². The van der Waals surface area contributed by atoms with E-state index in [1.165, 1.54) is 6.26 Å². The van der Waals surface area contributed by atoms with E-state index < -0.39 is 6.10 Å². The number of rotatable bonds is 1. The summed E-state index contributed by atoms with van der Waals surface area (Å²) >= 11 is 0. The summed E-state index contributed by atoms with van der Waals surface area (Å²) in [7, 11) is 0. The van der Waals surface area contributed by atoms with Gasteiger partial charge in [-0.25, -0.2) is 0 Å². The summed E-state index contributed by atoms with van der Waals surface area (Å²) in [6, 6.07) is 3.29. The summed E-state index contributed by atoms with van der Waals surface area (Å²) in [5.41, 5.74) is 0. The minimum Gasteiger partial charge on any atom is -0.466 e. The lowest BCUT2D eigenvalue weighted by molar-refractivity contribution is 0.205. The van der Waals surface area contributed by atoms with E-state index in [-0.39, 0.29) is 6.61 Å². The molecule has 0 radical (unpaired) electrons. The molecule has 1 atom stereocenters. The van der Waals surface area contributed by atoms with Crippen LogP contribution in [0.5, 0.6) is 0 Å². The van der Waals surface area contributed by atoms with Crippen LogP contribution in [0, 0.1) is 11.8 Å². The summed E-state index contributed by atoms with van der Waals surface area (Å²) in [4.78, 5) is 0. The Labute approximate surface area is 64.3 Å². The minimum atomic E-state index is -0.933. The zero-order chi connectivity index (χ0) is 8.10. The SMILES string of the molecule is OCC#CC(O)c1ccco1. The highest BCUT2D eigenvalue weighted by molar-refractivity contribution is 5.15. The fraction of sp³-hybridized carbons (Fsp3) is 0.250. The summed E-state index contributed by atoms with van der Waals surface area (Å²) in [6.07, 6.45) is 0.524. The van der Waals surface area contributed by atoms with Crippen LogP contribution in [-0.2, 0) is 0 Å². The van der Waals surface area contributed by atoms with E-state index >= 15 is 0 Å². The van der Waals surface area contributed by atoms with E-state index in [1.54, 1.807) is 12.1 Å². The van der Waals surface area contributed by atoms with Gasteiger partial charge in [-0.15, -0.1) is 0 Å². The molecular weight excluding hydrogens is 144 g/mol. The Balaban J connectivity index is 2.63. The fourth-order valence-corrected chi connectivity index (χ4v) is 0.660. The third kappa shape index (κ3) is 2.11. The van der Waals surface area contributed by atoms with Crippen molar-refractivity contribution >= 4 is 0 Å². The average Bonchev–Trinajstić information content (AvgIpc) is 2.52. The van der Waals surface area contributed by atoms with Crippen LogP contribution in [0.3, 0.4) is 0 Å². The predicted molar refractivity (Wildman–Crippen MR) is 38.5 cm³/mol. The Morgan fingerprint density at radius 3 is 3.00 bits per heavy atom. The fourth-order valence-electron chi connectivity index (χ4n) is 0.660. The standard InChI is InChI=1S/C8H8O3/c9-5-1-3-7(10)8-4-2-6-11-8/h2,4,6-7,9-10H,5H2. The highest BCUT2D eigenvalue weighted by Crippen LogP contribution is 2.10. The molecule has 0 amide bonds. The first-order chi connectivity index (χ1) is 5.34. The Kier molecular flexibility index (Phi) is 2.73. The maximum Gasteiger partial charge on any atom is 0.172 e. The number of hydrogen-bond acceptors (Lipinski definition) is 3. The molecule has 0 aliphatic rings. The van der Waals surface area contributed by atoms with E-state index in [0.29, 0.717) is 5.76 Å². The van der Waals surface area contributed by atoms with Crippen LogP contribution in [0.1, 0.15) is 11.9 Å². The molecule has 0 fully saturated rings. The van der Waals surface area contributed by atoms with Gasteiger partial charge in [-0.3, -0.25) is 0 Å². The van der Waals surface area contributed by atoms with Crippen molar-refractivity contribution in [1.82, 2.24) is 0 Å². The highest BCUT2D eigenvalue weighted by atomic mass is 16.4. The van der Waals surface area contributed by atoms with Crippen molar-refractivity contribution in [2.45, 2.75) is 6.10 Å². The van der Waals surface area contributed by atoms with Crippen LogP contribution in [0.25, 0.3) is 0 Å². The first-order valence-electron chi connectivity index (χ1n) is 3.15. The molecule has 1 heterocycles. The van der Waals surface area contributed by atoms with E-state index in [9.17, 15) is 0 Å². The Bertz CT molecular complexity index is 253. The topological polar surface area (TPSA) is 53.6 Å². The third-order valence-corrected chi connectivity index (χ3v) is 1.13. The second-order valence-electron chi connectivity index (χ2n) is 1.90. The molecule has 1 aromatic rings. The van der Waals surface area contributed by atoms with Gasteiger partial charge in [-0.1, -0.05) is 11.8 Å². The van der Waals surface area contributed by atoms with E-state index in [1.807, 2.05) is 0 Å². The molecule has 0 aromatic carbocycles. The van der Waals surface area contributed by atoms with Gasteiger partial charge < -0.3 is 14.6 Å². The summed E-state index contributed by atoms with van der Waals surface area (Å²) < 4.78 is 4.86. The molecule has 3 nitrogen and oxygen atoms in total. The Morgan fingerprint density at radius 2 is 2.45 bits per heavy atom. The highest BCUT2D eigenvalue weighted by Gasteiger charge is 2.04. The number of aliphatic hydroxyl groups excluding tert-OH is 2. The van der Waals surface area contributed by atoms with Crippen LogP contribution >= 0.6 is 0 Å². The molecule has 2 N–H and O–H groups in total. The second-order valence-corrected chi connectivity index (χ2v) is 1.90. The maximum atomic E-state index is 9.16. The third-order valence-electron chi connectivity index (χ3n) is 1.13. The molecule has 1 rings (SSSR count). The normalized spacial score (nSPS) is 11.8. The molecular formula is C8H8O3. The molecule has 58 valence electrons. The molecule has 0 saturated carbocycles. The molecule has 0 aliphatic carbocycles. The van der Waals surface area contributed by atoms with Gasteiger partial charge in [-0.2, -0.15) is 0 Å². The van der Waals surface area contributed by atoms with Gasteiger partial charge in [0.25, 0.3) is 0 Å². The van der Waals surface area contributed by atoms with E-state index in [2.05, 4.69) is 11.8 Å². The van der Waals surface area contributed by atoms with Crippen molar-refractivity contribution in [3.05, 3.63) is 24.2 Å². The molecule has 3 heteroatoms. The van der Waals surface area contributed by atoms with Gasteiger partial charge >= 0.3 is 0 Å². The summed E-state index contributed by atoms with van der Waals surface area (Å²) in [5, 5.41) is 17.5. The van der Waals surface area contributed by atoms with Gasteiger partial charge in [0.05, 0.1) is 6.26 Å². The molecule has 0 bridgehead atoms. The zero-order valence-electron chi connectivity index (χ0n) is 5.82. The zero-order valence-corrected chi connectivity index (χ0v) is 5.82. The van der Waals surface area contributed by atoms with E-state index in [0.717, 1.165) is 0 Å². The first kappa shape index (κ1) is 7.86. The molecule has 1 unspecified atom stereocenters. The Hall–Kier alpha value is -1.24. The van der Waals surface area contributed by atoms with Gasteiger partial charge in [-0.05, 0) is 12.1 Å². The molecule has 11 heavy (non-hydrogen) atoms. The van der Waals surface area contributed by atoms with E-state index in [4.69, 9.17) is 14.6 Å². The van der Waals surface area contributed by atoms with Crippen molar-refractivity contribution in [1.29, 1.82) is 0 Å². The number of furan rings is 1. The Morgan fingerprint density at radius 1 is 1.64 bits per heavy atom. The van der Waals surface area contributed by atoms with Crippen molar-refractivity contribution < 1.29 is 14.6 Å². The first-order valence-corrected chi connectivity index (χ1v) is 3.15. The van der Waals surface area contributed by atoms with Gasteiger partial charge in [0.2, 0.25) is 0 Å². The molecule has 0 spiro atoms. The second kappa shape index (κ2) is 3.81.